The van der Waals surface area contributed by atoms with Crippen LogP contribution in [0.25, 0.3) is 0 Å². The molecule has 0 unspecified atom stereocenters. The number of benzene rings is 2. The lowest BCUT2D eigenvalue weighted by Crippen LogP contribution is -2.54. The zero-order valence-corrected chi connectivity index (χ0v) is 19.1. The number of halogens is 1. The minimum Gasteiger partial charge on any atom is -0.368 e. The number of piperazine rings is 2. The molecule has 0 aliphatic carbocycles. The molecule has 0 radical (unpaired) electrons. The van der Waals surface area contributed by atoms with Crippen LogP contribution in [-0.4, -0.2) is 87.3 Å². The average molecular weight is 461 g/mol. The van der Waals surface area contributed by atoms with E-state index in [1.165, 1.54) is 16.4 Å². The van der Waals surface area contributed by atoms with Gasteiger partial charge in [-0.25, -0.2) is 12.8 Å². The largest absolute Gasteiger partial charge is 0.368 e. The van der Waals surface area contributed by atoms with Crippen LogP contribution in [0.3, 0.4) is 0 Å². The highest BCUT2D eigenvalue weighted by Crippen LogP contribution is 2.19. The summed E-state index contributed by atoms with van der Waals surface area (Å²) in [5.74, 6) is -0.187. The number of carbonyl (C=O) groups excluding carboxylic acids is 1. The molecule has 2 aromatic carbocycles. The van der Waals surface area contributed by atoms with Crippen LogP contribution in [0.1, 0.15) is 5.56 Å². The zero-order chi connectivity index (χ0) is 22.7. The molecule has 2 aromatic rings. The molecule has 0 N–H and O–H groups in total. The molecule has 32 heavy (non-hydrogen) atoms. The van der Waals surface area contributed by atoms with E-state index in [1.807, 2.05) is 16.7 Å². The van der Waals surface area contributed by atoms with Crippen LogP contribution in [0.2, 0.25) is 0 Å². The van der Waals surface area contributed by atoms with Crippen molar-refractivity contribution in [2.45, 2.75) is 11.8 Å². The number of aryl methyl sites for hydroxylation is 1. The van der Waals surface area contributed by atoms with Crippen LogP contribution in [0, 0.1) is 12.7 Å². The van der Waals surface area contributed by atoms with Gasteiger partial charge in [0, 0.05) is 58.0 Å². The molecule has 2 aliphatic heterocycles. The third-order valence-electron chi connectivity index (χ3n) is 6.17. The van der Waals surface area contributed by atoms with E-state index in [4.69, 9.17) is 0 Å². The number of hydrogen-bond acceptors (Lipinski definition) is 5. The number of rotatable bonds is 5. The second-order valence-corrected chi connectivity index (χ2v) is 10.3. The van der Waals surface area contributed by atoms with Crippen LogP contribution in [0.4, 0.5) is 10.1 Å². The van der Waals surface area contributed by atoms with Crippen LogP contribution in [-0.2, 0) is 14.8 Å². The average Bonchev–Trinajstić information content (AvgIpc) is 2.80. The summed E-state index contributed by atoms with van der Waals surface area (Å²) in [5.41, 5.74) is 1.98. The van der Waals surface area contributed by atoms with Gasteiger partial charge in [0.05, 0.1) is 11.4 Å². The molecule has 2 heterocycles. The standard InChI is InChI=1S/C23H29FN4O3S/c1-19-2-8-22(9-3-19)32(30,31)28-16-10-25(11-17-28)18-23(29)27-14-12-26(13-15-27)21-6-4-20(24)5-7-21/h2-9H,10-18H2,1H3. The molecular formula is C23H29FN4O3S. The smallest absolute Gasteiger partial charge is 0.243 e. The number of amides is 1. The molecule has 4 rings (SSSR count). The van der Waals surface area contributed by atoms with Crippen LogP contribution >= 0.6 is 0 Å². The van der Waals surface area contributed by atoms with E-state index in [0.717, 1.165) is 11.3 Å². The third-order valence-corrected chi connectivity index (χ3v) is 8.09. The maximum absolute atomic E-state index is 13.1. The minimum atomic E-state index is -3.50. The van der Waals surface area contributed by atoms with Crippen LogP contribution in [0.15, 0.2) is 53.4 Å². The van der Waals surface area contributed by atoms with Crippen molar-refractivity contribution < 1.29 is 17.6 Å². The lowest BCUT2D eigenvalue weighted by molar-refractivity contribution is -0.133. The fraction of sp³-hybridized carbons (Fsp3) is 0.435. The fourth-order valence-corrected chi connectivity index (χ4v) is 5.57. The Balaban J connectivity index is 1.25. The van der Waals surface area contributed by atoms with Gasteiger partial charge in [-0.05, 0) is 43.3 Å². The molecule has 9 heteroatoms. The molecule has 0 saturated carbocycles. The van der Waals surface area contributed by atoms with Crippen molar-refractivity contribution in [2.75, 3.05) is 63.8 Å². The third kappa shape index (κ3) is 5.11. The summed E-state index contributed by atoms with van der Waals surface area (Å²) >= 11 is 0. The molecule has 172 valence electrons. The van der Waals surface area contributed by atoms with E-state index in [-0.39, 0.29) is 11.7 Å². The number of nitrogens with zero attached hydrogens (tertiary/aromatic N) is 4. The summed E-state index contributed by atoms with van der Waals surface area (Å²) in [6.07, 6.45) is 0. The molecule has 7 nitrogen and oxygen atoms in total. The Kier molecular flexibility index (Phi) is 6.78. The summed E-state index contributed by atoms with van der Waals surface area (Å²) in [5, 5.41) is 0. The lowest BCUT2D eigenvalue weighted by Gasteiger charge is -2.38. The monoisotopic (exact) mass is 460 g/mol. The number of carbonyl (C=O) groups is 1. The Hall–Kier alpha value is -2.49. The maximum atomic E-state index is 13.1. The van der Waals surface area contributed by atoms with Crippen molar-refractivity contribution in [2.24, 2.45) is 0 Å². The summed E-state index contributed by atoms with van der Waals surface area (Å²) < 4.78 is 40.3. The first kappa shape index (κ1) is 22.7. The van der Waals surface area contributed by atoms with E-state index in [1.54, 1.807) is 36.4 Å². The number of sulfonamides is 1. The normalized spacial score (nSPS) is 18.7. The molecule has 2 aliphatic rings. The van der Waals surface area contributed by atoms with Gasteiger partial charge in [-0.1, -0.05) is 17.7 Å². The second-order valence-electron chi connectivity index (χ2n) is 8.34. The minimum absolute atomic E-state index is 0.0681. The molecule has 2 saturated heterocycles. The molecule has 1 amide bonds. The van der Waals surface area contributed by atoms with Gasteiger partial charge in [0.25, 0.3) is 0 Å². The molecule has 2 fully saturated rings. The van der Waals surface area contributed by atoms with Gasteiger partial charge in [0.1, 0.15) is 5.82 Å². The summed E-state index contributed by atoms with van der Waals surface area (Å²) in [7, 11) is -3.50. The first-order valence-corrected chi connectivity index (χ1v) is 12.3. The zero-order valence-electron chi connectivity index (χ0n) is 18.3. The molecular weight excluding hydrogens is 431 g/mol. The Labute approximate surface area is 189 Å². The van der Waals surface area contributed by atoms with Gasteiger partial charge < -0.3 is 9.80 Å². The van der Waals surface area contributed by atoms with Gasteiger partial charge in [-0.15, -0.1) is 0 Å². The first-order chi connectivity index (χ1) is 15.3. The lowest BCUT2D eigenvalue weighted by atomic mass is 10.2. The van der Waals surface area contributed by atoms with Gasteiger partial charge >= 0.3 is 0 Å². The Morgan fingerprint density at radius 1 is 0.844 bits per heavy atom. The van der Waals surface area contributed by atoms with Crippen molar-refractivity contribution in [1.29, 1.82) is 0 Å². The van der Waals surface area contributed by atoms with E-state index >= 15 is 0 Å². The van der Waals surface area contributed by atoms with E-state index in [0.29, 0.717) is 63.8 Å². The van der Waals surface area contributed by atoms with E-state index < -0.39 is 10.0 Å². The highest BCUT2D eigenvalue weighted by Gasteiger charge is 2.30. The maximum Gasteiger partial charge on any atom is 0.243 e. The SMILES string of the molecule is Cc1ccc(S(=O)(=O)N2CCN(CC(=O)N3CCN(c4ccc(F)cc4)CC3)CC2)cc1. The number of hydrogen-bond donors (Lipinski definition) is 0. The van der Waals surface area contributed by atoms with Crippen molar-refractivity contribution >= 4 is 21.6 Å². The van der Waals surface area contributed by atoms with Gasteiger partial charge in [0.15, 0.2) is 0 Å². The van der Waals surface area contributed by atoms with Crippen LogP contribution < -0.4 is 4.90 Å². The van der Waals surface area contributed by atoms with Crippen LogP contribution in [0.5, 0.6) is 0 Å². The van der Waals surface area contributed by atoms with E-state index in [9.17, 15) is 17.6 Å². The topological polar surface area (TPSA) is 64.2 Å². The van der Waals surface area contributed by atoms with Gasteiger partial charge in [-0.3, -0.25) is 9.69 Å². The first-order valence-electron chi connectivity index (χ1n) is 10.9. The highest BCUT2D eigenvalue weighted by atomic mass is 32.2. The van der Waals surface area contributed by atoms with Gasteiger partial charge in [-0.2, -0.15) is 4.31 Å². The quantitative estimate of drug-likeness (QED) is 0.681. The predicted octanol–water partition coefficient (Wildman–Crippen LogP) is 1.79. The summed E-state index contributed by atoms with van der Waals surface area (Å²) in [6.45, 7) is 6.71. The Bertz CT molecular complexity index is 1030. The highest BCUT2D eigenvalue weighted by molar-refractivity contribution is 7.89. The fourth-order valence-electron chi connectivity index (χ4n) is 4.14. The molecule has 0 spiro atoms. The predicted molar refractivity (Wildman–Crippen MR) is 122 cm³/mol. The second kappa shape index (κ2) is 9.56. The summed E-state index contributed by atoms with van der Waals surface area (Å²) in [4.78, 5) is 19.1. The Morgan fingerprint density at radius 3 is 2.03 bits per heavy atom. The van der Waals surface area contributed by atoms with E-state index in [2.05, 4.69) is 4.90 Å². The molecule has 0 atom stereocenters. The van der Waals surface area contributed by atoms with Gasteiger partial charge in [0.2, 0.25) is 15.9 Å². The van der Waals surface area contributed by atoms with Crippen molar-refractivity contribution in [1.82, 2.24) is 14.1 Å². The number of anilines is 1. The van der Waals surface area contributed by atoms with Crippen molar-refractivity contribution in [3.63, 3.8) is 0 Å². The Morgan fingerprint density at radius 2 is 1.44 bits per heavy atom. The molecule has 0 bridgehead atoms. The molecule has 0 aromatic heterocycles. The van der Waals surface area contributed by atoms with Crippen molar-refractivity contribution in [3.8, 4) is 0 Å². The summed E-state index contributed by atoms with van der Waals surface area (Å²) in [6, 6.07) is 13.3. The van der Waals surface area contributed by atoms with Crippen molar-refractivity contribution in [3.05, 3.63) is 59.9 Å².